The standard InChI is InChI=1S/C17H17ClOS/c1-11(2)13-4-7-15(8-5-13)20-17-9-6-14(18)10-16(17)12(3)19/h4-11H,1-3H3. The third kappa shape index (κ3) is 3.65. The van der Waals surface area contributed by atoms with Crippen LogP contribution in [0.1, 0.15) is 42.6 Å². The molecule has 3 heteroatoms. The fraction of sp³-hybridized carbons (Fsp3) is 0.235. The highest BCUT2D eigenvalue weighted by molar-refractivity contribution is 7.99. The largest absolute Gasteiger partial charge is 0.294 e. The van der Waals surface area contributed by atoms with Crippen LogP contribution in [-0.4, -0.2) is 5.78 Å². The van der Waals surface area contributed by atoms with Gasteiger partial charge in [-0.2, -0.15) is 0 Å². The molecule has 20 heavy (non-hydrogen) atoms. The Labute approximate surface area is 129 Å². The Morgan fingerprint density at radius 1 is 1.10 bits per heavy atom. The molecule has 0 saturated heterocycles. The van der Waals surface area contributed by atoms with Crippen molar-refractivity contribution in [3.05, 3.63) is 58.6 Å². The van der Waals surface area contributed by atoms with Crippen molar-refractivity contribution in [2.75, 3.05) is 0 Å². The second kappa shape index (κ2) is 6.47. The average molecular weight is 305 g/mol. The van der Waals surface area contributed by atoms with Gasteiger partial charge in [0.15, 0.2) is 5.78 Å². The summed E-state index contributed by atoms with van der Waals surface area (Å²) in [4.78, 5) is 13.7. The maximum Gasteiger partial charge on any atom is 0.160 e. The van der Waals surface area contributed by atoms with Crippen molar-refractivity contribution in [3.8, 4) is 0 Å². The molecule has 0 aliphatic carbocycles. The Morgan fingerprint density at radius 2 is 1.75 bits per heavy atom. The van der Waals surface area contributed by atoms with Crippen molar-refractivity contribution in [2.45, 2.75) is 36.5 Å². The smallest absolute Gasteiger partial charge is 0.160 e. The van der Waals surface area contributed by atoms with Gasteiger partial charge in [-0.3, -0.25) is 4.79 Å². The molecular weight excluding hydrogens is 288 g/mol. The Hall–Kier alpha value is -1.25. The molecule has 104 valence electrons. The second-order valence-corrected chi connectivity index (χ2v) is 6.57. The Morgan fingerprint density at radius 3 is 2.30 bits per heavy atom. The average Bonchev–Trinajstić information content (AvgIpc) is 2.41. The van der Waals surface area contributed by atoms with E-state index in [0.717, 1.165) is 9.79 Å². The quantitative estimate of drug-likeness (QED) is 0.662. The van der Waals surface area contributed by atoms with Crippen LogP contribution in [-0.2, 0) is 0 Å². The van der Waals surface area contributed by atoms with E-state index in [1.807, 2.05) is 12.1 Å². The van der Waals surface area contributed by atoms with Crippen LogP contribution in [0, 0.1) is 0 Å². The van der Waals surface area contributed by atoms with Crippen molar-refractivity contribution < 1.29 is 4.79 Å². The van der Waals surface area contributed by atoms with E-state index < -0.39 is 0 Å². The number of Topliss-reactive ketones (excluding diaryl/α,β-unsaturated/α-hetero) is 1. The lowest BCUT2D eigenvalue weighted by Gasteiger charge is -2.09. The third-order valence-corrected chi connectivity index (χ3v) is 4.41. The van der Waals surface area contributed by atoms with Crippen LogP contribution in [0.4, 0.5) is 0 Å². The first kappa shape index (κ1) is 15.1. The molecule has 2 aromatic carbocycles. The van der Waals surface area contributed by atoms with Crippen LogP contribution in [0.2, 0.25) is 5.02 Å². The van der Waals surface area contributed by atoms with E-state index in [-0.39, 0.29) is 5.78 Å². The van der Waals surface area contributed by atoms with E-state index in [1.54, 1.807) is 24.8 Å². The molecule has 0 saturated carbocycles. The summed E-state index contributed by atoms with van der Waals surface area (Å²) in [6.45, 7) is 5.92. The number of carbonyl (C=O) groups excluding carboxylic acids is 1. The summed E-state index contributed by atoms with van der Waals surface area (Å²) < 4.78 is 0. The zero-order valence-corrected chi connectivity index (χ0v) is 13.4. The highest BCUT2D eigenvalue weighted by Crippen LogP contribution is 2.33. The van der Waals surface area contributed by atoms with Crippen LogP contribution < -0.4 is 0 Å². The molecule has 2 aromatic rings. The predicted octanol–water partition coefficient (Wildman–Crippen LogP) is 5.82. The monoisotopic (exact) mass is 304 g/mol. The molecule has 0 bridgehead atoms. The summed E-state index contributed by atoms with van der Waals surface area (Å²) in [5.41, 5.74) is 1.99. The number of hydrogen-bond acceptors (Lipinski definition) is 2. The van der Waals surface area contributed by atoms with Gasteiger partial charge in [-0.25, -0.2) is 0 Å². The van der Waals surface area contributed by atoms with Crippen molar-refractivity contribution in [3.63, 3.8) is 0 Å². The first-order valence-corrected chi connectivity index (χ1v) is 7.75. The van der Waals surface area contributed by atoms with Crippen molar-refractivity contribution in [2.24, 2.45) is 0 Å². The van der Waals surface area contributed by atoms with E-state index in [9.17, 15) is 4.79 Å². The second-order valence-electron chi connectivity index (χ2n) is 5.02. The van der Waals surface area contributed by atoms with Crippen LogP contribution in [0.5, 0.6) is 0 Å². The first-order valence-electron chi connectivity index (χ1n) is 6.55. The summed E-state index contributed by atoms with van der Waals surface area (Å²) in [5.74, 6) is 0.561. The molecule has 0 amide bonds. The van der Waals surface area contributed by atoms with Gasteiger partial charge in [-0.05, 0) is 48.7 Å². The summed E-state index contributed by atoms with van der Waals surface area (Å²) in [5, 5.41) is 0.592. The molecule has 0 radical (unpaired) electrons. The molecule has 0 fully saturated rings. The lowest BCUT2D eigenvalue weighted by Crippen LogP contribution is -1.95. The van der Waals surface area contributed by atoms with Crippen LogP contribution in [0.25, 0.3) is 0 Å². The van der Waals surface area contributed by atoms with Gasteiger partial charge >= 0.3 is 0 Å². The molecule has 0 unspecified atom stereocenters. The van der Waals surface area contributed by atoms with Crippen LogP contribution >= 0.6 is 23.4 Å². The highest BCUT2D eigenvalue weighted by Gasteiger charge is 2.10. The number of halogens is 1. The number of ketones is 1. The zero-order valence-electron chi connectivity index (χ0n) is 11.8. The Bertz CT molecular complexity index is 617. The number of benzene rings is 2. The lowest BCUT2D eigenvalue weighted by atomic mass is 10.0. The molecule has 0 heterocycles. The molecule has 0 aromatic heterocycles. The summed E-state index contributed by atoms with van der Waals surface area (Å²) in [6, 6.07) is 13.9. The van der Waals surface area contributed by atoms with Gasteiger partial charge in [0.2, 0.25) is 0 Å². The minimum Gasteiger partial charge on any atom is -0.294 e. The zero-order chi connectivity index (χ0) is 14.7. The van der Waals surface area contributed by atoms with Gasteiger partial charge in [0.1, 0.15) is 0 Å². The minimum absolute atomic E-state index is 0.0359. The van der Waals surface area contributed by atoms with Crippen LogP contribution in [0.3, 0.4) is 0 Å². The SMILES string of the molecule is CC(=O)c1cc(Cl)ccc1Sc1ccc(C(C)C)cc1. The predicted molar refractivity (Wildman–Crippen MR) is 86.1 cm³/mol. The number of hydrogen-bond donors (Lipinski definition) is 0. The number of rotatable bonds is 4. The molecule has 0 aliphatic heterocycles. The van der Waals surface area contributed by atoms with E-state index >= 15 is 0 Å². The molecule has 0 N–H and O–H groups in total. The van der Waals surface area contributed by atoms with Crippen molar-refractivity contribution in [1.82, 2.24) is 0 Å². The third-order valence-electron chi connectivity index (χ3n) is 3.10. The Balaban J connectivity index is 2.28. The topological polar surface area (TPSA) is 17.1 Å². The van der Waals surface area contributed by atoms with Gasteiger partial charge < -0.3 is 0 Å². The van der Waals surface area contributed by atoms with Gasteiger partial charge in [0, 0.05) is 20.4 Å². The molecule has 0 atom stereocenters. The molecule has 2 rings (SSSR count). The fourth-order valence-electron chi connectivity index (χ4n) is 1.91. The van der Waals surface area contributed by atoms with E-state index in [1.165, 1.54) is 5.56 Å². The van der Waals surface area contributed by atoms with Gasteiger partial charge in [-0.15, -0.1) is 0 Å². The van der Waals surface area contributed by atoms with E-state index in [0.29, 0.717) is 16.5 Å². The van der Waals surface area contributed by atoms with Gasteiger partial charge in [0.25, 0.3) is 0 Å². The van der Waals surface area contributed by atoms with Crippen LogP contribution in [0.15, 0.2) is 52.3 Å². The fourth-order valence-corrected chi connectivity index (χ4v) is 3.06. The molecule has 0 spiro atoms. The lowest BCUT2D eigenvalue weighted by molar-refractivity contribution is 0.101. The summed E-state index contributed by atoms with van der Waals surface area (Å²) in [6.07, 6.45) is 0. The first-order chi connectivity index (χ1) is 9.47. The van der Waals surface area contributed by atoms with Crippen molar-refractivity contribution >= 4 is 29.1 Å². The highest BCUT2D eigenvalue weighted by atomic mass is 35.5. The van der Waals surface area contributed by atoms with Gasteiger partial charge in [-0.1, -0.05) is 49.3 Å². The number of carbonyl (C=O) groups is 1. The normalized spacial score (nSPS) is 10.8. The maximum atomic E-state index is 11.7. The van der Waals surface area contributed by atoms with E-state index in [4.69, 9.17) is 11.6 Å². The summed E-state index contributed by atoms with van der Waals surface area (Å²) in [7, 11) is 0. The van der Waals surface area contributed by atoms with Gasteiger partial charge in [0.05, 0.1) is 0 Å². The Kier molecular flexibility index (Phi) is 4.90. The maximum absolute atomic E-state index is 11.7. The van der Waals surface area contributed by atoms with Crippen molar-refractivity contribution in [1.29, 1.82) is 0 Å². The molecule has 1 nitrogen and oxygen atoms in total. The molecular formula is C17H17ClOS. The summed E-state index contributed by atoms with van der Waals surface area (Å²) >= 11 is 7.55. The van der Waals surface area contributed by atoms with E-state index in [2.05, 4.69) is 38.1 Å². The molecule has 0 aliphatic rings. The minimum atomic E-state index is 0.0359.